The summed E-state index contributed by atoms with van der Waals surface area (Å²) in [6.07, 6.45) is 0.459. The number of nitrogens with zero attached hydrogens (tertiary/aromatic N) is 2. The number of ether oxygens (including phenoxy) is 1. The Morgan fingerprint density at radius 1 is 1.15 bits per heavy atom. The van der Waals surface area contributed by atoms with Crippen molar-refractivity contribution in [3.63, 3.8) is 0 Å². The van der Waals surface area contributed by atoms with Crippen molar-refractivity contribution in [1.29, 1.82) is 5.26 Å². The first kappa shape index (κ1) is 18.9. The summed E-state index contributed by atoms with van der Waals surface area (Å²) in [7, 11) is 0. The molecule has 1 N–H and O–H groups in total. The third-order valence-electron chi connectivity index (χ3n) is 5.08. The fraction of sp³-hybridized carbons (Fsp3) is 0.364. The van der Waals surface area contributed by atoms with Gasteiger partial charge >= 0.3 is 0 Å². The number of likely N-dealkylation sites (tertiary alicyclic amines) is 1. The maximum absolute atomic E-state index is 12.7. The highest BCUT2D eigenvalue weighted by atomic mass is 16.5. The van der Waals surface area contributed by atoms with Gasteiger partial charge in [-0.3, -0.25) is 4.79 Å². The SMILES string of the molecule is CC(Oc1ccc(C#N)cc1)C(=O)N1CCC(C(O)c2ccccc2)CC1. The van der Waals surface area contributed by atoms with Crippen LogP contribution in [0.25, 0.3) is 0 Å². The Labute approximate surface area is 159 Å². The zero-order valence-corrected chi connectivity index (χ0v) is 15.4. The summed E-state index contributed by atoms with van der Waals surface area (Å²) in [5.74, 6) is 0.683. The van der Waals surface area contributed by atoms with Gasteiger partial charge in [-0.15, -0.1) is 0 Å². The van der Waals surface area contributed by atoms with Gasteiger partial charge in [-0.1, -0.05) is 30.3 Å². The van der Waals surface area contributed by atoms with Gasteiger partial charge in [0.15, 0.2) is 6.10 Å². The number of carbonyl (C=O) groups is 1. The number of hydrogen-bond donors (Lipinski definition) is 1. The summed E-state index contributed by atoms with van der Waals surface area (Å²) < 4.78 is 5.72. The van der Waals surface area contributed by atoms with Crippen LogP contribution in [0.5, 0.6) is 5.75 Å². The van der Waals surface area contributed by atoms with Gasteiger partial charge in [-0.25, -0.2) is 0 Å². The van der Waals surface area contributed by atoms with Crippen LogP contribution in [0.2, 0.25) is 0 Å². The molecule has 3 rings (SSSR count). The van der Waals surface area contributed by atoms with Gasteiger partial charge in [0.25, 0.3) is 5.91 Å². The molecule has 0 aromatic heterocycles. The molecule has 1 heterocycles. The van der Waals surface area contributed by atoms with E-state index in [1.807, 2.05) is 35.2 Å². The van der Waals surface area contributed by atoms with Gasteiger partial charge in [-0.05, 0) is 55.5 Å². The number of nitriles is 1. The maximum atomic E-state index is 12.7. The molecule has 0 spiro atoms. The highest BCUT2D eigenvalue weighted by Gasteiger charge is 2.30. The Morgan fingerprint density at radius 2 is 1.78 bits per heavy atom. The zero-order chi connectivity index (χ0) is 19.2. The molecule has 1 fully saturated rings. The molecular weight excluding hydrogens is 340 g/mol. The van der Waals surface area contributed by atoms with Gasteiger partial charge in [0.05, 0.1) is 17.7 Å². The fourth-order valence-corrected chi connectivity index (χ4v) is 3.48. The van der Waals surface area contributed by atoms with Crippen molar-refractivity contribution >= 4 is 5.91 Å². The van der Waals surface area contributed by atoms with E-state index in [9.17, 15) is 9.90 Å². The third kappa shape index (κ3) is 4.66. The van der Waals surface area contributed by atoms with Crippen LogP contribution < -0.4 is 4.74 Å². The van der Waals surface area contributed by atoms with Crippen molar-refractivity contribution in [2.75, 3.05) is 13.1 Å². The van der Waals surface area contributed by atoms with E-state index in [4.69, 9.17) is 10.00 Å². The molecule has 2 aromatic rings. The molecule has 0 radical (unpaired) electrons. The second-order valence-electron chi connectivity index (χ2n) is 6.91. The molecule has 1 aliphatic heterocycles. The summed E-state index contributed by atoms with van der Waals surface area (Å²) in [4.78, 5) is 14.5. The van der Waals surface area contributed by atoms with Gasteiger partial charge in [-0.2, -0.15) is 5.26 Å². The minimum absolute atomic E-state index is 0.0491. The van der Waals surface area contributed by atoms with Crippen LogP contribution in [0.4, 0.5) is 0 Å². The zero-order valence-electron chi connectivity index (χ0n) is 15.4. The Kier molecular flexibility index (Phi) is 6.10. The Morgan fingerprint density at radius 3 is 2.37 bits per heavy atom. The lowest BCUT2D eigenvalue weighted by Gasteiger charge is -2.35. The second kappa shape index (κ2) is 8.70. The molecule has 5 nitrogen and oxygen atoms in total. The molecule has 5 heteroatoms. The van der Waals surface area contributed by atoms with Crippen LogP contribution >= 0.6 is 0 Å². The van der Waals surface area contributed by atoms with Gasteiger partial charge in [0, 0.05) is 13.1 Å². The molecule has 2 aromatic carbocycles. The molecular formula is C22H24N2O3. The van der Waals surface area contributed by atoms with E-state index in [-0.39, 0.29) is 11.8 Å². The van der Waals surface area contributed by atoms with E-state index in [0.717, 1.165) is 18.4 Å². The summed E-state index contributed by atoms with van der Waals surface area (Å²) in [5, 5.41) is 19.4. The van der Waals surface area contributed by atoms with Crippen LogP contribution in [0.15, 0.2) is 54.6 Å². The van der Waals surface area contributed by atoms with Crippen LogP contribution in [0, 0.1) is 17.2 Å². The van der Waals surface area contributed by atoms with E-state index >= 15 is 0 Å². The second-order valence-corrected chi connectivity index (χ2v) is 6.91. The fourth-order valence-electron chi connectivity index (χ4n) is 3.48. The summed E-state index contributed by atoms with van der Waals surface area (Å²) in [6.45, 7) is 2.98. The number of benzene rings is 2. The van der Waals surface area contributed by atoms with Crippen molar-refractivity contribution in [1.82, 2.24) is 4.90 Å². The first-order valence-electron chi connectivity index (χ1n) is 9.27. The molecule has 27 heavy (non-hydrogen) atoms. The third-order valence-corrected chi connectivity index (χ3v) is 5.08. The highest BCUT2D eigenvalue weighted by molar-refractivity contribution is 5.81. The van der Waals surface area contributed by atoms with Crippen molar-refractivity contribution in [2.24, 2.45) is 5.92 Å². The molecule has 1 aliphatic rings. The number of carbonyl (C=O) groups excluding carboxylic acids is 1. The Hall–Kier alpha value is -2.84. The standard InChI is InChI=1S/C22H24N2O3/c1-16(27-20-9-7-17(15-23)8-10-20)22(26)24-13-11-19(12-14-24)21(25)18-5-3-2-4-6-18/h2-10,16,19,21,25H,11-14H2,1H3. The Balaban J connectivity index is 1.52. The van der Waals surface area contributed by atoms with Crippen LogP contribution in [0.3, 0.4) is 0 Å². The van der Waals surface area contributed by atoms with E-state index < -0.39 is 12.2 Å². The molecule has 2 unspecified atom stereocenters. The summed E-state index contributed by atoms with van der Waals surface area (Å²) >= 11 is 0. The van der Waals surface area contributed by atoms with Crippen LogP contribution in [0.1, 0.15) is 37.0 Å². The first-order valence-corrected chi connectivity index (χ1v) is 9.27. The lowest BCUT2D eigenvalue weighted by atomic mass is 9.87. The first-order chi connectivity index (χ1) is 13.1. The lowest BCUT2D eigenvalue weighted by Crippen LogP contribution is -2.45. The smallest absolute Gasteiger partial charge is 0.263 e. The van der Waals surface area contributed by atoms with Crippen molar-refractivity contribution < 1.29 is 14.6 Å². The number of aliphatic hydroxyl groups excluding tert-OH is 1. The van der Waals surface area contributed by atoms with Crippen molar-refractivity contribution in [3.8, 4) is 11.8 Å². The number of rotatable bonds is 5. The number of aliphatic hydroxyl groups is 1. The molecule has 140 valence electrons. The Bertz CT molecular complexity index is 791. The van der Waals surface area contributed by atoms with Gasteiger partial charge < -0.3 is 14.7 Å². The minimum Gasteiger partial charge on any atom is -0.481 e. The average molecular weight is 364 g/mol. The lowest BCUT2D eigenvalue weighted by molar-refractivity contribution is -0.140. The quantitative estimate of drug-likeness (QED) is 0.883. The summed E-state index contributed by atoms with van der Waals surface area (Å²) in [5.41, 5.74) is 1.49. The predicted molar refractivity (Wildman–Crippen MR) is 102 cm³/mol. The number of piperidine rings is 1. The largest absolute Gasteiger partial charge is 0.481 e. The average Bonchev–Trinajstić information content (AvgIpc) is 2.74. The molecule has 0 bridgehead atoms. The number of amides is 1. The maximum Gasteiger partial charge on any atom is 0.263 e. The predicted octanol–water partition coefficient (Wildman–Crippen LogP) is 3.30. The molecule has 2 atom stereocenters. The molecule has 1 saturated heterocycles. The van der Waals surface area contributed by atoms with Gasteiger partial charge in [0.1, 0.15) is 5.75 Å². The van der Waals surface area contributed by atoms with E-state index in [2.05, 4.69) is 6.07 Å². The van der Waals surface area contributed by atoms with Gasteiger partial charge in [0.2, 0.25) is 0 Å². The minimum atomic E-state index is -0.589. The molecule has 0 aliphatic carbocycles. The highest BCUT2D eigenvalue weighted by Crippen LogP contribution is 2.30. The van der Waals surface area contributed by atoms with E-state index in [1.165, 1.54) is 0 Å². The topological polar surface area (TPSA) is 73.6 Å². The monoisotopic (exact) mass is 364 g/mol. The normalized spacial score (nSPS) is 17.0. The van der Waals surface area contributed by atoms with Crippen LogP contribution in [-0.4, -0.2) is 35.1 Å². The molecule has 0 saturated carbocycles. The van der Waals surface area contributed by atoms with E-state index in [0.29, 0.717) is 24.4 Å². The summed E-state index contributed by atoms with van der Waals surface area (Å²) in [6, 6.07) is 18.5. The van der Waals surface area contributed by atoms with Crippen molar-refractivity contribution in [2.45, 2.75) is 32.0 Å². The van der Waals surface area contributed by atoms with Crippen molar-refractivity contribution in [3.05, 3.63) is 65.7 Å². The molecule has 1 amide bonds. The number of hydrogen-bond acceptors (Lipinski definition) is 4. The van der Waals surface area contributed by atoms with E-state index in [1.54, 1.807) is 31.2 Å². The van der Waals surface area contributed by atoms with Crippen LogP contribution in [-0.2, 0) is 4.79 Å².